The van der Waals surface area contributed by atoms with Gasteiger partial charge >= 0.3 is 0 Å². The van der Waals surface area contributed by atoms with Crippen molar-refractivity contribution in [1.82, 2.24) is 5.32 Å². The lowest BCUT2D eigenvalue weighted by Gasteiger charge is -2.15. The van der Waals surface area contributed by atoms with E-state index in [2.05, 4.69) is 12.2 Å². The number of rotatable bonds is 8. The molecule has 1 aromatic carbocycles. The molecule has 0 saturated carbocycles. The first-order valence-electron chi connectivity index (χ1n) is 6.90. The third-order valence-electron chi connectivity index (χ3n) is 2.84. The highest BCUT2D eigenvalue weighted by molar-refractivity contribution is 5.80. The minimum atomic E-state index is -0.481. The predicted octanol–water partition coefficient (Wildman–Crippen LogP) is 1.87. The topological polar surface area (TPSA) is 64.3 Å². The van der Waals surface area contributed by atoms with E-state index < -0.39 is 6.10 Å². The molecule has 0 aliphatic rings. The Morgan fingerprint density at radius 2 is 2.26 bits per heavy atom. The molecule has 0 saturated heterocycles. The Morgan fingerprint density at radius 1 is 1.47 bits per heavy atom. The number of benzene rings is 1. The van der Waals surface area contributed by atoms with Crippen molar-refractivity contribution in [3.05, 3.63) is 29.8 Å². The lowest BCUT2D eigenvalue weighted by Crippen LogP contribution is -2.36. The SMILES string of the molecule is CCCCNC(=O)C(C)Oc1cccc(CCN)c1. The third-order valence-corrected chi connectivity index (χ3v) is 2.84. The standard InChI is InChI=1S/C15H24N2O2/c1-3-4-10-17-15(18)12(2)19-14-7-5-6-13(11-14)8-9-16/h5-7,11-12H,3-4,8-10,16H2,1-2H3,(H,17,18). The maximum absolute atomic E-state index is 11.8. The molecule has 4 heteroatoms. The second-order valence-corrected chi connectivity index (χ2v) is 4.59. The zero-order valence-corrected chi connectivity index (χ0v) is 11.8. The Balaban J connectivity index is 2.48. The predicted molar refractivity (Wildman–Crippen MR) is 77.2 cm³/mol. The summed E-state index contributed by atoms with van der Waals surface area (Å²) in [5, 5.41) is 2.86. The van der Waals surface area contributed by atoms with Crippen molar-refractivity contribution >= 4 is 5.91 Å². The largest absolute Gasteiger partial charge is 0.481 e. The van der Waals surface area contributed by atoms with Crippen LogP contribution in [0.25, 0.3) is 0 Å². The van der Waals surface area contributed by atoms with Crippen LogP contribution in [-0.2, 0) is 11.2 Å². The van der Waals surface area contributed by atoms with Gasteiger partial charge in [0.2, 0.25) is 0 Å². The molecule has 0 bridgehead atoms. The maximum atomic E-state index is 11.8. The fourth-order valence-corrected chi connectivity index (χ4v) is 1.73. The molecule has 0 aromatic heterocycles. The van der Waals surface area contributed by atoms with Gasteiger partial charge in [0.1, 0.15) is 5.75 Å². The maximum Gasteiger partial charge on any atom is 0.260 e. The molecular weight excluding hydrogens is 240 g/mol. The van der Waals surface area contributed by atoms with Crippen molar-refractivity contribution in [1.29, 1.82) is 0 Å². The summed E-state index contributed by atoms with van der Waals surface area (Å²) in [4.78, 5) is 11.8. The van der Waals surface area contributed by atoms with Crippen LogP contribution >= 0.6 is 0 Å². The zero-order chi connectivity index (χ0) is 14.1. The summed E-state index contributed by atoms with van der Waals surface area (Å²) in [5.41, 5.74) is 6.65. The van der Waals surface area contributed by atoms with E-state index in [-0.39, 0.29) is 5.91 Å². The quantitative estimate of drug-likeness (QED) is 0.705. The summed E-state index contributed by atoms with van der Waals surface area (Å²) in [6.07, 6.45) is 2.39. The highest BCUT2D eigenvalue weighted by Gasteiger charge is 2.13. The smallest absolute Gasteiger partial charge is 0.260 e. The van der Waals surface area contributed by atoms with E-state index in [1.54, 1.807) is 6.92 Å². The number of hydrogen-bond donors (Lipinski definition) is 2. The Kier molecular flexibility index (Phi) is 6.97. The van der Waals surface area contributed by atoms with E-state index in [0.717, 1.165) is 24.8 Å². The summed E-state index contributed by atoms with van der Waals surface area (Å²) in [5.74, 6) is 0.641. The van der Waals surface area contributed by atoms with Crippen molar-refractivity contribution in [3.63, 3.8) is 0 Å². The first kappa shape index (κ1) is 15.5. The van der Waals surface area contributed by atoms with Crippen molar-refractivity contribution in [2.45, 2.75) is 39.2 Å². The van der Waals surface area contributed by atoms with E-state index >= 15 is 0 Å². The minimum absolute atomic E-state index is 0.0716. The molecule has 1 aromatic rings. The lowest BCUT2D eigenvalue weighted by atomic mass is 10.1. The average molecular weight is 264 g/mol. The number of ether oxygens (including phenoxy) is 1. The summed E-state index contributed by atoms with van der Waals surface area (Å²) in [6, 6.07) is 7.71. The molecule has 106 valence electrons. The van der Waals surface area contributed by atoms with E-state index in [1.807, 2.05) is 24.3 Å². The summed E-state index contributed by atoms with van der Waals surface area (Å²) >= 11 is 0. The fourth-order valence-electron chi connectivity index (χ4n) is 1.73. The van der Waals surface area contributed by atoms with Crippen molar-refractivity contribution in [3.8, 4) is 5.75 Å². The van der Waals surface area contributed by atoms with E-state index in [0.29, 0.717) is 18.8 Å². The molecule has 4 nitrogen and oxygen atoms in total. The first-order chi connectivity index (χ1) is 9.17. The molecular formula is C15H24N2O2. The van der Waals surface area contributed by atoms with Gasteiger partial charge in [-0.15, -0.1) is 0 Å². The Bertz CT molecular complexity index is 393. The van der Waals surface area contributed by atoms with Gasteiger partial charge in [-0.05, 0) is 44.0 Å². The molecule has 1 unspecified atom stereocenters. The van der Waals surface area contributed by atoms with Crippen LogP contribution in [0.3, 0.4) is 0 Å². The van der Waals surface area contributed by atoms with Crippen LogP contribution in [0.15, 0.2) is 24.3 Å². The molecule has 1 rings (SSSR count). The molecule has 1 amide bonds. The Labute approximate surface area is 115 Å². The van der Waals surface area contributed by atoms with Crippen LogP contribution < -0.4 is 15.8 Å². The van der Waals surface area contributed by atoms with Crippen LogP contribution in [0.5, 0.6) is 5.75 Å². The number of unbranched alkanes of at least 4 members (excludes halogenated alkanes) is 1. The number of amides is 1. The van der Waals surface area contributed by atoms with Crippen LogP contribution in [0.2, 0.25) is 0 Å². The Hall–Kier alpha value is -1.55. The number of nitrogens with one attached hydrogen (secondary N) is 1. The van der Waals surface area contributed by atoms with Gasteiger partial charge in [0.05, 0.1) is 0 Å². The monoisotopic (exact) mass is 264 g/mol. The molecule has 0 aliphatic carbocycles. The zero-order valence-electron chi connectivity index (χ0n) is 11.8. The summed E-state index contributed by atoms with van der Waals surface area (Å²) in [7, 11) is 0. The van der Waals surface area contributed by atoms with Gasteiger partial charge in [-0.2, -0.15) is 0 Å². The summed E-state index contributed by atoms with van der Waals surface area (Å²) in [6.45, 7) is 5.17. The first-order valence-corrected chi connectivity index (χ1v) is 6.90. The molecule has 1 atom stereocenters. The van der Waals surface area contributed by atoms with E-state index in [9.17, 15) is 4.79 Å². The third kappa shape index (κ3) is 5.75. The van der Waals surface area contributed by atoms with Gasteiger partial charge in [0.15, 0.2) is 6.10 Å². The van der Waals surface area contributed by atoms with Gasteiger partial charge < -0.3 is 15.8 Å². The number of hydrogen-bond acceptors (Lipinski definition) is 3. The second kappa shape index (κ2) is 8.53. The van der Waals surface area contributed by atoms with Crippen molar-refractivity contribution in [2.75, 3.05) is 13.1 Å². The van der Waals surface area contributed by atoms with Gasteiger partial charge in [-0.3, -0.25) is 4.79 Å². The van der Waals surface area contributed by atoms with Crippen LogP contribution in [0.4, 0.5) is 0 Å². The second-order valence-electron chi connectivity index (χ2n) is 4.59. The van der Waals surface area contributed by atoms with Gasteiger partial charge in [0.25, 0.3) is 5.91 Å². The molecule has 0 heterocycles. The lowest BCUT2D eigenvalue weighted by molar-refractivity contribution is -0.127. The van der Waals surface area contributed by atoms with Gasteiger partial charge in [-0.1, -0.05) is 25.5 Å². The number of carbonyl (C=O) groups excluding carboxylic acids is 1. The normalized spacial score (nSPS) is 11.9. The average Bonchev–Trinajstić information content (AvgIpc) is 2.39. The molecule has 0 fully saturated rings. The highest BCUT2D eigenvalue weighted by atomic mass is 16.5. The molecule has 0 spiro atoms. The van der Waals surface area contributed by atoms with E-state index in [4.69, 9.17) is 10.5 Å². The molecule has 0 aliphatic heterocycles. The van der Waals surface area contributed by atoms with Crippen LogP contribution in [0, 0.1) is 0 Å². The Morgan fingerprint density at radius 3 is 2.95 bits per heavy atom. The minimum Gasteiger partial charge on any atom is -0.481 e. The number of nitrogens with two attached hydrogens (primary N) is 1. The van der Waals surface area contributed by atoms with Gasteiger partial charge in [0, 0.05) is 6.54 Å². The van der Waals surface area contributed by atoms with Crippen molar-refractivity contribution in [2.24, 2.45) is 5.73 Å². The van der Waals surface area contributed by atoms with Crippen LogP contribution in [-0.4, -0.2) is 25.1 Å². The van der Waals surface area contributed by atoms with E-state index in [1.165, 1.54) is 0 Å². The van der Waals surface area contributed by atoms with Crippen molar-refractivity contribution < 1.29 is 9.53 Å². The summed E-state index contributed by atoms with van der Waals surface area (Å²) < 4.78 is 5.64. The van der Waals surface area contributed by atoms with Gasteiger partial charge in [-0.25, -0.2) is 0 Å². The highest BCUT2D eigenvalue weighted by Crippen LogP contribution is 2.15. The fraction of sp³-hybridized carbons (Fsp3) is 0.533. The van der Waals surface area contributed by atoms with Crippen LogP contribution in [0.1, 0.15) is 32.3 Å². The molecule has 19 heavy (non-hydrogen) atoms. The molecule has 0 radical (unpaired) electrons. The molecule has 3 N–H and O–H groups in total. The number of carbonyl (C=O) groups is 1.